The zero-order valence-corrected chi connectivity index (χ0v) is 12.5. The molecule has 0 amide bonds. The number of hydrogen-bond acceptors (Lipinski definition) is 4. The van der Waals surface area contributed by atoms with E-state index in [1.54, 1.807) is 6.07 Å². The highest BCUT2D eigenvalue weighted by Gasteiger charge is 2.16. The molecule has 5 N–H and O–H groups in total. The Morgan fingerprint density at radius 2 is 2.15 bits per heavy atom. The second kappa shape index (κ2) is 6.26. The summed E-state index contributed by atoms with van der Waals surface area (Å²) in [6, 6.07) is 7.48. The van der Waals surface area contributed by atoms with Crippen LogP contribution >= 0.6 is 11.6 Å². The minimum absolute atomic E-state index is 0.0765. The number of aromatic nitrogens is 2. The third kappa shape index (κ3) is 3.12. The molecule has 0 saturated heterocycles. The van der Waals surface area contributed by atoms with Gasteiger partial charge in [0.1, 0.15) is 0 Å². The van der Waals surface area contributed by atoms with Gasteiger partial charge in [0, 0.05) is 29.9 Å². The first-order valence-electron chi connectivity index (χ1n) is 6.58. The van der Waals surface area contributed by atoms with Crippen LogP contribution in [0.15, 0.2) is 24.3 Å². The van der Waals surface area contributed by atoms with Crippen LogP contribution in [0.25, 0.3) is 0 Å². The molecule has 0 spiro atoms. The van der Waals surface area contributed by atoms with Crippen LogP contribution in [-0.2, 0) is 19.9 Å². The lowest BCUT2D eigenvalue weighted by Crippen LogP contribution is -2.30. The molecule has 1 aromatic heterocycles. The first-order chi connectivity index (χ1) is 9.55. The molecule has 1 atom stereocenters. The number of hydrogen-bond donors (Lipinski definition) is 3. The number of nitrogens with one attached hydrogen (secondary N) is 1. The van der Waals surface area contributed by atoms with Crippen molar-refractivity contribution in [2.45, 2.75) is 25.8 Å². The third-order valence-corrected chi connectivity index (χ3v) is 3.66. The van der Waals surface area contributed by atoms with Crippen LogP contribution in [-0.4, -0.2) is 9.78 Å². The minimum atomic E-state index is -0.0765. The van der Waals surface area contributed by atoms with E-state index in [2.05, 4.69) is 23.5 Å². The van der Waals surface area contributed by atoms with E-state index in [-0.39, 0.29) is 6.04 Å². The topological polar surface area (TPSA) is 81.9 Å². The molecule has 1 heterocycles. The van der Waals surface area contributed by atoms with E-state index in [1.165, 1.54) is 0 Å². The summed E-state index contributed by atoms with van der Waals surface area (Å²) in [7, 11) is 1.94. The van der Waals surface area contributed by atoms with Crippen LogP contribution in [0.2, 0.25) is 5.02 Å². The van der Waals surface area contributed by atoms with Crippen molar-refractivity contribution in [3.05, 3.63) is 46.2 Å². The van der Waals surface area contributed by atoms with Crippen LogP contribution in [0.4, 0.5) is 5.69 Å². The zero-order chi connectivity index (χ0) is 14.7. The molecule has 0 radical (unpaired) electrons. The van der Waals surface area contributed by atoms with Gasteiger partial charge in [0.2, 0.25) is 0 Å². The molecule has 0 aliphatic heterocycles. The zero-order valence-electron chi connectivity index (χ0n) is 11.7. The molecule has 108 valence electrons. The number of nitrogen functional groups attached to an aromatic ring is 1. The van der Waals surface area contributed by atoms with E-state index in [0.29, 0.717) is 17.1 Å². The summed E-state index contributed by atoms with van der Waals surface area (Å²) in [5.74, 6) is 5.68. The van der Waals surface area contributed by atoms with Crippen molar-refractivity contribution in [1.29, 1.82) is 0 Å². The van der Waals surface area contributed by atoms with E-state index >= 15 is 0 Å². The Bertz CT molecular complexity index is 593. The fraction of sp³-hybridized carbons (Fsp3) is 0.357. The smallest absolute Gasteiger partial charge is 0.0624 e. The molecular weight excluding hydrogens is 274 g/mol. The molecule has 0 aliphatic rings. The summed E-state index contributed by atoms with van der Waals surface area (Å²) in [6.07, 6.45) is 1.63. The van der Waals surface area contributed by atoms with Crippen LogP contribution in [0.1, 0.15) is 29.9 Å². The van der Waals surface area contributed by atoms with E-state index in [4.69, 9.17) is 23.2 Å². The Balaban J connectivity index is 2.26. The predicted octanol–water partition coefficient (Wildman–Crippen LogP) is 1.97. The van der Waals surface area contributed by atoms with Gasteiger partial charge in [-0.1, -0.05) is 24.6 Å². The van der Waals surface area contributed by atoms with Crippen molar-refractivity contribution < 1.29 is 0 Å². The molecule has 6 heteroatoms. The maximum Gasteiger partial charge on any atom is 0.0624 e. The maximum absolute atomic E-state index is 6.02. The number of nitrogens with two attached hydrogens (primary N) is 2. The largest absolute Gasteiger partial charge is 0.398 e. The SMILES string of the molecule is CCc1cc(CC(NN)c2ccc(Cl)cc2N)n(C)n1. The summed E-state index contributed by atoms with van der Waals surface area (Å²) in [5.41, 5.74) is 12.6. The van der Waals surface area contributed by atoms with Gasteiger partial charge in [0.15, 0.2) is 0 Å². The average molecular weight is 294 g/mol. The minimum Gasteiger partial charge on any atom is -0.398 e. The molecule has 2 aromatic rings. The number of aryl methyl sites for hydroxylation is 2. The molecule has 1 aromatic carbocycles. The molecule has 0 aliphatic carbocycles. The second-order valence-electron chi connectivity index (χ2n) is 4.80. The fourth-order valence-electron chi connectivity index (χ4n) is 2.27. The fourth-order valence-corrected chi connectivity index (χ4v) is 2.45. The van der Waals surface area contributed by atoms with Gasteiger partial charge in [0.25, 0.3) is 0 Å². The second-order valence-corrected chi connectivity index (χ2v) is 5.24. The molecule has 2 rings (SSSR count). The van der Waals surface area contributed by atoms with Gasteiger partial charge < -0.3 is 5.73 Å². The molecule has 0 bridgehead atoms. The maximum atomic E-state index is 6.02. The summed E-state index contributed by atoms with van der Waals surface area (Å²) >= 11 is 5.93. The highest BCUT2D eigenvalue weighted by Crippen LogP contribution is 2.26. The number of anilines is 1. The number of hydrazine groups is 1. The van der Waals surface area contributed by atoms with Crippen LogP contribution in [0, 0.1) is 0 Å². The number of benzene rings is 1. The van der Waals surface area contributed by atoms with Crippen molar-refractivity contribution in [2.75, 3.05) is 5.73 Å². The standard InChI is InChI=1S/C14H20ClN5/c1-3-10-7-11(20(2)19-10)8-14(18-17)12-5-4-9(15)6-13(12)16/h4-7,14,18H,3,8,16-17H2,1-2H3. The van der Waals surface area contributed by atoms with Crippen molar-refractivity contribution in [3.63, 3.8) is 0 Å². The molecule has 0 fully saturated rings. The van der Waals surface area contributed by atoms with Gasteiger partial charge in [-0.3, -0.25) is 16.0 Å². The quantitative estimate of drug-likeness (QED) is 0.447. The monoisotopic (exact) mass is 293 g/mol. The van der Waals surface area contributed by atoms with Gasteiger partial charge in [-0.2, -0.15) is 5.10 Å². The Kier molecular flexibility index (Phi) is 4.65. The van der Waals surface area contributed by atoms with Crippen LogP contribution in [0.5, 0.6) is 0 Å². The Morgan fingerprint density at radius 1 is 1.40 bits per heavy atom. The Labute approximate surface area is 123 Å². The lowest BCUT2D eigenvalue weighted by molar-refractivity contribution is 0.531. The number of rotatable bonds is 5. The summed E-state index contributed by atoms with van der Waals surface area (Å²) < 4.78 is 1.88. The summed E-state index contributed by atoms with van der Waals surface area (Å²) in [4.78, 5) is 0. The molecule has 0 saturated carbocycles. The molecule has 20 heavy (non-hydrogen) atoms. The summed E-state index contributed by atoms with van der Waals surface area (Å²) in [5, 5.41) is 5.06. The normalized spacial score (nSPS) is 12.6. The average Bonchev–Trinajstić information content (AvgIpc) is 2.77. The van der Waals surface area contributed by atoms with Crippen LogP contribution < -0.4 is 17.0 Å². The first kappa shape index (κ1) is 14.8. The molecular formula is C14H20ClN5. The highest BCUT2D eigenvalue weighted by molar-refractivity contribution is 6.30. The van der Waals surface area contributed by atoms with E-state index in [1.807, 2.05) is 23.9 Å². The highest BCUT2D eigenvalue weighted by atomic mass is 35.5. The van der Waals surface area contributed by atoms with Crippen molar-refractivity contribution in [3.8, 4) is 0 Å². The predicted molar refractivity (Wildman–Crippen MR) is 82.2 cm³/mol. The molecule has 5 nitrogen and oxygen atoms in total. The van der Waals surface area contributed by atoms with Gasteiger partial charge >= 0.3 is 0 Å². The van der Waals surface area contributed by atoms with Crippen molar-refractivity contribution in [2.24, 2.45) is 12.9 Å². The lowest BCUT2D eigenvalue weighted by Gasteiger charge is -2.18. The third-order valence-electron chi connectivity index (χ3n) is 3.43. The Hall–Kier alpha value is -1.56. The summed E-state index contributed by atoms with van der Waals surface area (Å²) in [6.45, 7) is 2.09. The number of halogens is 1. The first-order valence-corrected chi connectivity index (χ1v) is 6.95. The van der Waals surface area contributed by atoms with Gasteiger partial charge in [-0.05, 0) is 30.2 Å². The molecule has 1 unspecified atom stereocenters. The van der Waals surface area contributed by atoms with Gasteiger partial charge in [0.05, 0.1) is 11.7 Å². The number of nitrogens with zero attached hydrogens (tertiary/aromatic N) is 2. The van der Waals surface area contributed by atoms with E-state index < -0.39 is 0 Å². The van der Waals surface area contributed by atoms with Gasteiger partial charge in [-0.15, -0.1) is 0 Å². The van der Waals surface area contributed by atoms with Crippen molar-refractivity contribution in [1.82, 2.24) is 15.2 Å². The lowest BCUT2D eigenvalue weighted by atomic mass is 10.0. The van der Waals surface area contributed by atoms with Crippen LogP contribution in [0.3, 0.4) is 0 Å². The van der Waals surface area contributed by atoms with E-state index in [0.717, 1.165) is 23.4 Å². The van der Waals surface area contributed by atoms with Crippen molar-refractivity contribution >= 4 is 17.3 Å². The Morgan fingerprint density at radius 3 is 2.70 bits per heavy atom. The van der Waals surface area contributed by atoms with E-state index in [9.17, 15) is 0 Å². The van der Waals surface area contributed by atoms with Gasteiger partial charge in [-0.25, -0.2) is 0 Å².